The van der Waals surface area contributed by atoms with E-state index in [1.54, 1.807) is 18.2 Å². The summed E-state index contributed by atoms with van der Waals surface area (Å²) in [6.07, 6.45) is 0. The minimum Gasteiger partial charge on any atom is -0.350 e. The first kappa shape index (κ1) is 20.0. The predicted molar refractivity (Wildman–Crippen MR) is 111 cm³/mol. The molecule has 3 amide bonds. The fourth-order valence-electron chi connectivity index (χ4n) is 3.51. The van der Waals surface area contributed by atoms with Crippen molar-refractivity contribution in [1.82, 2.24) is 10.3 Å². The lowest BCUT2D eigenvalue weighted by atomic mass is 10.1. The highest BCUT2D eigenvalue weighted by Gasteiger charge is 2.55. The number of imide groups is 1. The number of fused-ring (bicyclic) bond motifs is 1. The Bertz CT molecular complexity index is 1070. The first-order valence-corrected chi connectivity index (χ1v) is 9.87. The van der Waals surface area contributed by atoms with Crippen LogP contribution in [-0.2, 0) is 20.9 Å². The summed E-state index contributed by atoms with van der Waals surface area (Å²) in [6, 6.07) is 10.7. The molecule has 0 bridgehead atoms. The van der Waals surface area contributed by atoms with Gasteiger partial charge in [-0.1, -0.05) is 41.1 Å². The van der Waals surface area contributed by atoms with Crippen molar-refractivity contribution in [2.45, 2.75) is 32.5 Å². The molecule has 2 heterocycles. The quantitative estimate of drug-likeness (QED) is 0.745. The second-order valence-corrected chi connectivity index (χ2v) is 7.75. The molecule has 1 saturated heterocycles. The summed E-state index contributed by atoms with van der Waals surface area (Å²) in [4.78, 5) is 39.3. The molecule has 0 spiro atoms. The molecule has 0 unspecified atom stereocenters. The normalized spacial score (nSPS) is 20.1. The lowest BCUT2D eigenvalue weighted by molar-refractivity contribution is -0.125. The summed E-state index contributed by atoms with van der Waals surface area (Å²) >= 11 is 6.10. The van der Waals surface area contributed by atoms with Gasteiger partial charge in [0.2, 0.25) is 5.91 Å². The zero-order chi connectivity index (χ0) is 21.4. The number of carbonyl (C=O) groups excluding carboxylic acids is 3. The van der Waals surface area contributed by atoms with E-state index in [4.69, 9.17) is 11.6 Å². The van der Waals surface area contributed by atoms with Gasteiger partial charge in [-0.05, 0) is 48.7 Å². The predicted octanol–water partition coefficient (Wildman–Crippen LogP) is 2.57. The number of benzene rings is 2. The van der Waals surface area contributed by atoms with E-state index in [0.29, 0.717) is 10.7 Å². The van der Waals surface area contributed by atoms with Gasteiger partial charge in [0.1, 0.15) is 6.54 Å². The van der Waals surface area contributed by atoms with Gasteiger partial charge in [-0.15, -0.1) is 0 Å². The molecule has 2 atom stereocenters. The molecule has 2 aliphatic rings. The molecule has 8 nitrogen and oxygen atoms in total. The molecule has 0 saturated carbocycles. The van der Waals surface area contributed by atoms with E-state index in [9.17, 15) is 14.4 Å². The Morgan fingerprint density at radius 2 is 1.87 bits per heavy atom. The van der Waals surface area contributed by atoms with Gasteiger partial charge in [0, 0.05) is 11.6 Å². The standard InChI is InChI=1S/C21H20ClN5O3/c1-12-7-8-15(9-13(12)2)27-20(29)18-19(21(27)30)26(25-24-18)11-17(28)23-10-14-5-3-4-6-16(14)22/h3-9,18-19H,10-11H2,1-2H3,(H,23,28)/t18-,19+/m0/s1. The largest absolute Gasteiger partial charge is 0.350 e. The Hall–Kier alpha value is -3.26. The summed E-state index contributed by atoms with van der Waals surface area (Å²) in [5.74, 6) is -1.22. The van der Waals surface area contributed by atoms with E-state index in [0.717, 1.165) is 21.6 Å². The van der Waals surface area contributed by atoms with Crippen LogP contribution < -0.4 is 10.2 Å². The maximum atomic E-state index is 13.0. The van der Waals surface area contributed by atoms with Crippen molar-refractivity contribution in [3.63, 3.8) is 0 Å². The molecule has 30 heavy (non-hydrogen) atoms. The van der Waals surface area contributed by atoms with Gasteiger partial charge >= 0.3 is 0 Å². The Kier molecular flexibility index (Phi) is 5.26. The van der Waals surface area contributed by atoms with E-state index in [1.807, 2.05) is 38.1 Å². The van der Waals surface area contributed by atoms with Gasteiger partial charge in [0.05, 0.1) is 5.69 Å². The number of hydrogen-bond donors (Lipinski definition) is 1. The molecule has 1 N–H and O–H groups in total. The number of nitrogens with zero attached hydrogens (tertiary/aromatic N) is 4. The topological polar surface area (TPSA) is 94.4 Å². The second kappa shape index (κ2) is 7.87. The maximum absolute atomic E-state index is 13.0. The fraction of sp³-hybridized carbons (Fsp3) is 0.286. The van der Waals surface area contributed by atoms with E-state index in [1.165, 1.54) is 5.01 Å². The lowest BCUT2D eigenvalue weighted by Gasteiger charge is -2.20. The van der Waals surface area contributed by atoms with Crippen LogP contribution in [0.15, 0.2) is 52.8 Å². The van der Waals surface area contributed by atoms with E-state index in [-0.39, 0.29) is 19.0 Å². The molecular weight excluding hydrogens is 406 g/mol. The van der Waals surface area contributed by atoms with Crippen molar-refractivity contribution in [2.24, 2.45) is 10.3 Å². The van der Waals surface area contributed by atoms with Crippen molar-refractivity contribution in [1.29, 1.82) is 0 Å². The third-order valence-electron chi connectivity index (χ3n) is 5.35. The van der Waals surface area contributed by atoms with E-state index in [2.05, 4.69) is 15.7 Å². The van der Waals surface area contributed by atoms with E-state index < -0.39 is 23.9 Å². The second-order valence-electron chi connectivity index (χ2n) is 7.34. The number of hydrogen-bond acceptors (Lipinski definition) is 6. The first-order chi connectivity index (χ1) is 14.4. The van der Waals surface area contributed by atoms with Gasteiger partial charge in [0.15, 0.2) is 12.1 Å². The number of rotatable bonds is 5. The Morgan fingerprint density at radius 1 is 1.10 bits per heavy atom. The molecule has 2 aliphatic heterocycles. The van der Waals surface area contributed by atoms with Crippen molar-refractivity contribution < 1.29 is 14.4 Å². The molecule has 2 aromatic rings. The average Bonchev–Trinajstić information content (AvgIpc) is 3.23. The van der Waals surface area contributed by atoms with Gasteiger partial charge < -0.3 is 5.32 Å². The first-order valence-electron chi connectivity index (χ1n) is 9.49. The summed E-state index contributed by atoms with van der Waals surface area (Å²) in [7, 11) is 0. The van der Waals surface area contributed by atoms with Gasteiger partial charge in [-0.3, -0.25) is 19.4 Å². The Morgan fingerprint density at radius 3 is 2.60 bits per heavy atom. The third-order valence-corrected chi connectivity index (χ3v) is 5.71. The van der Waals surface area contributed by atoms with Crippen LogP contribution in [0.2, 0.25) is 5.02 Å². The monoisotopic (exact) mass is 425 g/mol. The molecule has 0 radical (unpaired) electrons. The van der Waals surface area contributed by atoms with Crippen LogP contribution in [-0.4, -0.2) is 41.4 Å². The summed E-state index contributed by atoms with van der Waals surface area (Å²) in [5, 5.41) is 12.4. The number of aryl methyl sites for hydroxylation is 2. The minimum absolute atomic E-state index is 0.186. The average molecular weight is 426 g/mol. The molecule has 154 valence electrons. The number of carbonyl (C=O) groups is 3. The highest BCUT2D eigenvalue weighted by atomic mass is 35.5. The van der Waals surface area contributed by atoms with Crippen molar-refractivity contribution in [2.75, 3.05) is 11.4 Å². The lowest BCUT2D eigenvalue weighted by Crippen LogP contribution is -2.44. The molecule has 4 rings (SSSR count). The van der Waals surface area contributed by atoms with Gasteiger partial charge in [-0.25, -0.2) is 4.90 Å². The fourth-order valence-corrected chi connectivity index (χ4v) is 3.71. The highest BCUT2D eigenvalue weighted by molar-refractivity contribution is 6.31. The molecule has 2 aromatic carbocycles. The number of amides is 3. The van der Waals surface area contributed by atoms with Crippen molar-refractivity contribution in [3.8, 4) is 0 Å². The maximum Gasteiger partial charge on any atom is 0.263 e. The molecule has 0 aromatic heterocycles. The molecular formula is C21H20ClN5O3. The van der Waals surface area contributed by atoms with Crippen LogP contribution in [0, 0.1) is 13.8 Å². The highest BCUT2D eigenvalue weighted by Crippen LogP contribution is 2.32. The smallest absolute Gasteiger partial charge is 0.263 e. The molecule has 1 fully saturated rings. The zero-order valence-corrected chi connectivity index (χ0v) is 17.3. The summed E-state index contributed by atoms with van der Waals surface area (Å²) in [6.45, 7) is 3.94. The summed E-state index contributed by atoms with van der Waals surface area (Å²) in [5.41, 5.74) is 3.32. The van der Waals surface area contributed by atoms with Crippen LogP contribution in [0.1, 0.15) is 16.7 Å². The Balaban J connectivity index is 1.45. The van der Waals surface area contributed by atoms with Crippen LogP contribution in [0.25, 0.3) is 0 Å². The van der Waals surface area contributed by atoms with Crippen LogP contribution in [0.5, 0.6) is 0 Å². The van der Waals surface area contributed by atoms with Crippen LogP contribution in [0.4, 0.5) is 5.69 Å². The van der Waals surface area contributed by atoms with Crippen LogP contribution >= 0.6 is 11.6 Å². The van der Waals surface area contributed by atoms with E-state index >= 15 is 0 Å². The van der Waals surface area contributed by atoms with Gasteiger partial charge in [0.25, 0.3) is 11.8 Å². The minimum atomic E-state index is -0.935. The SMILES string of the molecule is Cc1ccc(N2C(=O)[C@H]3N=NN(CC(=O)NCc4ccccc4Cl)[C@H]3C2=O)cc1C. The van der Waals surface area contributed by atoms with Crippen molar-refractivity contribution in [3.05, 3.63) is 64.2 Å². The third kappa shape index (κ3) is 3.54. The number of anilines is 1. The summed E-state index contributed by atoms with van der Waals surface area (Å²) < 4.78 is 0. The Labute approximate surface area is 178 Å². The molecule has 0 aliphatic carbocycles. The van der Waals surface area contributed by atoms with Crippen LogP contribution in [0.3, 0.4) is 0 Å². The molecule has 9 heteroatoms. The number of halogens is 1. The zero-order valence-electron chi connectivity index (χ0n) is 16.5. The van der Waals surface area contributed by atoms with Crippen molar-refractivity contribution >= 4 is 35.0 Å². The number of nitrogens with one attached hydrogen (secondary N) is 1. The van der Waals surface area contributed by atoms with Gasteiger partial charge in [-0.2, -0.15) is 5.11 Å².